The van der Waals surface area contributed by atoms with Gasteiger partial charge in [0.05, 0.1) is 26.0 Å². The minimum Gasteiger partial charge on any atom is -0.355 e. The first-order valence-electron chi connectivity index (χ1n) is 7.81. The van der Waals surface area contributed by atoms with Crippen molar-refractivity contribution in [2.45, 2.75) is 4.90 Å². The molecule has 4 aromatic rings. The highest BCUT2D eigenvalue weighted by molar-refractivity contribution is 9.15. The first-order chi connectivity index (χ1) is 12.5. The van der Waals surface area contributed by atoms with Crippen LogP contribution in [0.5, 0.6) is 0 Å². The predicted molar refractivity (Wildman–Crippen MR) is 111 cm³/mol. The summed E-state index contributed by atoms with van der Waals surface area (Å²) < 4.78 is 26.5. The average molecular weight is 443 g/mol. The molecule has 1 N–H and O–H groups in total. The van der Waals surface area contributed by atoms with E-state index in [1.807, 2.05) is 48.0 Å². The topological polar surface area (TPSA) is 59.1 Å². The molecule has 4 nitrogen and oxygen atoms in total. The quantitative estimate of drug-likeness (QED) is 0.434. The Labute approximate surface area is 162 Å². The van der Waals surface area contributed by atoms with E-state index >= 15 is 0 Å². The van der Waals surface area contributed by atoms with Gasteiger partial charge in [-0.15, -0.1) is 11.3 Å². The monoisotopic (exact) mass is 442 g/mol. The zero-order valence-electron chi connectivity index (χ0n) is 13.2. The van der Waals surface area contributed by atoms with E-state index in [2.05, 4.69) is 26.2 Å². The molecule has 1 aliphatic heterocycles. The lowest BCUT2D eigenvalue weighted by Gasteiger charge is -2.12. The second-order valence-corrected chi connectivity index (χ2v) is 9.55. The van der Waals surface area contributed by atoms with E-state index in [-0.39, 0.29) is 0 Å². The molecule has 0 radical (unpaired) electrons. The van der Waals surface area contributed by atoms with Gasteiger partial charge in [0.2, 0.25) is 9.84 Å². The van der Waals surface area contributed by atoms with E-state index in [0.717, 1.165) is 32.4 Å². The smallest absolute Gasteiger partial charge is 0.201 e. The van der Waals surface area contributed by atoms with Gasteiger partial charge in [0.15, 0.2) is 0 Å². The summed E-state index contributed by atoms with van der Waals surface area (Å²) in [6.45, 7) is 0. The molecule has 26 heavy (non-hydrogen) atoms. The molecule has 1 aliphatic rings. The lowest BCUT2D eigenvalue weighted by Crippen LogP contribution is -1.96. The molecule has 0 bridgehead atoms. The number of benzene rings is 3. The van der Waals surface area contributed by atoms with E-state index in [4.69, 9.17) is 0 Å². The van der Waals surface area contributed by atoms with Crippen molar-refractivity contribution in [1.29, 1.82) is 0 Å². The SMILES string of the molecule is O=S1(=O)C=C(Br)c2cc3cccc(Nc4ccc5scnc5c4)c3cc21. The fourth-order valence-corrected chi connectivity index (χ4v) is 6.33. The Morgan fingerprint density at radius 2 is 1.96 bits per heavy atom. The minimum atomic E-state index is -3.40. The highest BCUT2D eigenvalue weighted by Crippen LogP contribution is 2.41. The number of thiazole rings is 1. The zero-order chi connectivity index (χ0) is 17.9. The van der Waals surface area contributed by atoms with Gasteiger partial charge < -0.3 is 5.32 Å². The highest BCUT2D eigenvalue weighted by Gasteiger charge is 2.26. The van der Waals surface area contributed by atoms with Crippen LogP contribution in [0.25, 0.3) is 25.5 Å². The fraction of sp³-hybridized carbons (Fsp3) is 0. The maximum Gasteiger partial charge on any atom is 0.201 e. The Hall–Kier alpha value is -2.22. The van der Waals surface area contributed by atoms with Crippen LogP contribution in [-0.4, -0.2) is 13.4 Å². The van der Waals surface area contributed by atoms with Crippen molar-refractivity contribution in [3.05, 3.63) is 65.0 Å². The van der Waals surface area contributed by atoms with Crippen LogP contribution >= 0.6 is 27.3 Å². The molecule has 0 aliphatic carbocycles. The number of rotatable bonds is 2. The third-order valence-electron chi connectivity index (χ3n) is 4.41. The van der Waals surface area contributed by atoms with Crippen molar-refractivity contribution < 1.29 is 8.42 Å². The van der Waals surface area contributed by atoms with Gasteiger partial charge in [-0.1, -0.05) is 12.1 Å². The number of anilines is 2. The molecule has 0 saturated carbocycles. The lowest BCUT2D eigenvalue weighted by molar-refractivity contribution is 0.605. The standard InChI is InChI=1S/C19H11BrN2O2S2/c20-15-9-26(23,24)19-8-13-11(6-14(15)19)2-1-3-16(13)22-12-4-5-18-17(7-12)21-10-25-18/h1-10,22H. The summed E-state index contributed by atoms with van der Waals surface area (Å²) in [6.07, 6.45) is 0. The number of fused-ring (bicyclic) bond motifs is 3. The Bertz CT molecular complexity index is 1340. The number of aromatic nitrogens is 1. The largest absolute Gasteiger partial charge is 0.355 e. The third kappa shape index (κ3) is 2.46. The van der Waals surface area contributed by atoms with Crippen molar-refractivity contribution in [1.82, 2.24) is 4.98 Å². The summed E-state index contributed by atoms with van der Waals surface area (Å²) in [5.41, 5.74) is 5.25. The van der Waals surface area contributed by atoms with Crippen LogP contribution < -0.4 is 5.32 Å². The number of hydrogen-bond donors (Lipinski definition) is 1. The van der Waals surface area contributed by atoms with Crippen LogP contribution in [0.15, 0.2) is 64.3 Å². The molecule has 128 valence electrons. The first kappa shape index (κ1) is 16.0. The summed E-state index contributed by atoms with van der Waals surface area (Å²) in [5.74, 6) is 0. The van der Waals surface area contributed by atoms with E-state index in [1.165, 1.54) is 5.41 Å². The van der Waals surface area contributed by atoms with Gasteiger partial charge in [-0.2, -0.15) is 0 Å². The molecule has 1 aromatic heterocycles. The van der Waals surface area contributed by atoms with Gasteiger partial charge in [0.1, 0.15) is 0 Å². The van der Waals surface area contributed by atoms with Crippen molar-refractivity contribution in [2.24, 2.45) is 0 Å². The summed E-state index contributed by atoms with van der Waals surface area (Å²) >= 11 is 4.95. The van der Waals surface area contributed by atoms with E-state index in [0.29, 0.717) is 14.9 Å². The Morgan fingerprint density at radius 1 is 1.08 bits per heavy atom. The van der Waals surface area contributed by atoms with Gasteiger partial charge in [-0.25, -0.2) is 13.4 Å². The van der Waals surface area contributed by atoms with E-state index in [1.54, 1.807) is 17.4 Å². The number of nitrogens with zero attached hydrogens (tertiary/aromatic N) is 1. The molecule has 0 saturated heterocycles. The predicted octanol–water partition coefficient (Wildman–Crippen LogP) is 5.67. The number of sulfone groups is 1. The van der Waals surface area contributed by atoms with E-state index < -0.39 is 9.84 Å². The van der Waals surface area contributed by atoms with Gasteiger partial charge in [-0.05, 0) is 57.7 Å². The number of hydrogen-bond acceptors (Lipinski definition) is 5. The molecule has 0 unspecified atom stereocenters. The van der Waals surface area contributed by atoms with Crippen LogP contribution in [0.4, 0.5) is 11.4 Å². The maximum absolute atomic E-state index is 12.4. The highest BCUT2D eigenvalue weighted by atomic mass is 79.9. The number of halogens is 1. The fourth-order valence-electron chi connectivity index (χ4n) is 3.19. The minimum absolute atomic E-state index is 0.334. The third-order valence-corrected chi connectivity index (χ3v) is 7.68. The molecule has 7 heteroatoms. The summed E-state index contributed by atoms with van der Waals surface area (Å²) in [7, 11) is -3.40. The zero-order valence-corrected chi connectivity index (χ0v) is 16.5. The van der Waals surface area contributed by atoms with Gasteiger partial charge >= 0.3 is 0 Å². The second-order valence-electron chi connectivity index (χ2n) is 6.05. The van der Waals surface area contributed by atoms with Crippen molar-refractivity contribution >= 4 is 74.0 Å². The maximum atomic E-state index is 12.4. The van der Waals surface area contributed by atoms with Crippen LogP contribution in [0.3, 0.4) is 0 Å². The molecule has 0 spiro atoms. The molecule has 0 fully saturated rings. The Morgan fingerprint density at radius 3 is 2.85 bits per heavy atom. The second kappa shape index (κ2) is 5.64. The van der Waals surface area contributed by atoms with Crippen LogP contribution in [0, 0.1) is 0 Å². The van der Waals surface area contributed by atoms with Crippen LogP contribution in [-0.2, 0) is 9.84 Å². The van der Waals surface area contributed by atoms with Crippen LogP contribution in [0.1, 0.15) is 5.56 Å². The van der Waals surface area contributed by atoms with Gasteiger partial charge in [-0.3, -0.25) is 0 Å². The van der Waals surface area contributed by atoms with Crippen molar-refractivity contribution in [2.75, 3.05) is 5.32 Å². The first-order valence-corrected chi connectivity index (χ1v) is 11.0. The summed E-state index contributed by atoms with van der Waals surface area (Å²) in [5, 5.41) is 6.51. The Balaban J connectivity index is 1.67. The molecule has 0 amide bonds. The Kier molecular flexibility index (Phi) is 3.47. The van der Waals surface area contributed by atoms with Gasteiger partial charge in [0.25, 0.3) is 0 Å². The van der Waals surface area contributed by atoms with Crippen LogP contribution in [0.2, 0.25) is 0 Å². The van der Waals surface area contributed by atoms with Crippen molar-refractivity contribution in [3.8, 4) is 0 Å². The normalized spacial score (nSPS) is 15.2. The molecular formula is C19H11BrN2O2S2. The number of nitrogens with one attached hydrogen (secondary N) is 1. The average Bonchev–Trinajstić information content (AvgIpc) is 3.16. The van der Waals surface area contributed by atoms with Gasteiger partial charge in [0, 0.05) is 26.8 Å². The summed E-state index contributed by atoms with van der Waals surface area (Å²) in [4.78, 5) is 4.68. The molecular weight excluding hydrogens is 432 g/mol. The summed E-state index contributed by atoms with van der Waals surface area (Å²) in [6, 6.07) is 15.6. The molecule has 2 heterocycles. The molecule has 5 rings (SSSR count). The van der Waals surface area contributed by atoms with E-state index in [9.17, 15) is 8.42 Å². The van der Waals surface area contributed by atoms with Crippen molar-refractivity contribution in [3.63, 3.8) is 0 Å². The molecule has 0 atom stereocenters. The molecule has 3 aromatic carbocycles. The lowest BCUT2D eigenvalue weighted by atomic mass is 10.0.